The van der Waals surface area contributed by atoms with Crippen LogP contribution in [0.25, 0.3) is 0 Å². The van der Waals surface area contributed by atoms with Gasteiger partial charge in [-0.05, 0) is 36.6 Å². The van der Waals surface area contributed by atoms with E-state index in [1.54, 1.807) is 12.1 Å². The summed E-state index contributed by atoms with van der Waals surface area (Å²) in [5.74, 6) is 0.668. The first kappa shape index (κ1) is 7.51. The molecule has 1 N–H and O–H groups in total. The van der Waals surface area contributed by atoms with Crippen molar-refractivity contribution in [1.82, 2.24) is 5.32 Å². The normalized spacial score (nSPS) is 35.9. The van der Waals surface area contributed by atoms with Gasteiger partial charge in [0.25, 0.3) is 0 Å². The van der Waals surface area contributed by atoms with Gasteiger partial charge in [0, 0.05) is 12.0 Å². The minimum absolute atomic E-state index is 0.136. The molecule has 13 heavy (non-hydrogen) atoms. The first-order valence-corrected chi connectivity index (χ1v) is 4.78. The van der Waals surface area contributed by atoms with Crippen molar-refractivity contribution < 1.29 is 4.39 Å². The second-order valence-corrected chi connectivity index (χ2v) is 4.19. The quantitative estimate of drug-likeness (QED) is 0.688. The molecule has 0 bridgehead atoms. The Bertz CT molecular complexity index is 332. The molecule has 2 heteroatoms. The lowest BCUT2D eigenvalue weighted by Crippen LogP contribution is -2.19. The lowest BCUT2D eigenvalue weighted by molar-refractivity contribution is 0.622. The molecule has 1 heterocycles. The minimum atomic E-state index is -0.136. The van der Waals surface area contributed by atoms with Crippen molar-refractivity contribution in [2.45, 2.75) is 11.8 Å². The van der Waals surface area contributed by atoms with Gasteiger partial charge in [0.1, 0.15) is 5.82 Å². The zero-order chi connectivity index (χ0) is 8.89. The molecule has 0 amide bonds. The van der Waals surface area contributed by atoms with E-state index in [9.17, 15) is 4.39 Å². The predicted molar refractivity (Wildman–Crippen MR) is 49.1 cm³/mol. The maximum Gasteiger partial charge on any atom is 0.123 e. The average molecular weight is 177 g/mol. The Morgan fingerprint density at radius 3 is 2.62 bits per heavy atom. The molecule has 1 aromatic carbocycles. The molecule has 1 aliphatic heterocycles. The number of hydrogen-bond acceptors (Lipinski definition) is 1. The van der Waals surface area contributed by atoms with Crippen molar-refractivity contribution >= 4 is 0 Å². The van der Waals surface area contributed by atoms with Crippen LogP contribution in [0.15, 0.2) is 24.3 Å². The molecule has 1 saturated heterocycles. The third-order valence-corrected chi connectivity index (χ3v) is 3.48. The fraction of sp³-hybridized carbons (Fsp3) is 0.455. The third kappa shape index (κ3) is 0.953. The summed E-state index contributed by atoms with van der Waals surface area (Å²) >= 11 is 0. The monoisotopic (exact) mass is 177 g/mol. The number of piperidine rings is 1. The first-order valence-electron chi connectivity index (χ1n) is 4.78. The fourth-order valence-electron chi connectivity index (χ4n) is 2.57. The van der Waals surface area contributed by atoms with Gasteiger partial charge < -0.3 is 5.32 Å². The SMILES string of the molecule is Fc1ccc(C23CNCC2C3)cc1. The average Bonchev–Trinajstić information content (AvgIpc) is 2.71. The smallest absolute Gasteiger partial charge is 0.123 e. The molecular weight excluding hydrogens is 165 g/mol. The Balaban J connectivity index is 1.97. The van der Waals surface area contributed by atoms with Crippen molar-refractivity contribution in [1.29, 1.82) is 0 Å². The van der Waals surface area contributed by atoms with Crippen LogP contribution in [0.5, 0.6) is 0 Å². The molecule has 2 fully saturated rings. The summed E-state index contributed by atoms with van der Waals surface area (Å²) in [7, 11) is 0. The van der Waals surface area contributed by atoms with Crippen molar-refractivity contribution in [3.63, 3.8) is 0 Å². The van der Waals surface area contributed by atoms with Crippen molar-refractivity contribution in [3.05, 3.63) is 35.6 Å². The zero-order valence-corrected chi connectivity index (χ0v) is 7.39. The summed E-state index contributed by atoms with van der Waals surface area (Å²) in [6, 6.07) is 7.00. The number of hydrogen-bond donors (Lipinski definition) is 1. The summed E-state index contributed by atoms with van der Waals surface area (Å²) < 4.78 is 12.7. The fourth-order valence-corrected chi connectivity index (χ4v) is 2.57. The van der Waals surface area contributed by atoms with E-state index in [0.29, 0.717) is 5.41 Å². The molecule has 1 saturated carbocycles. The lowest BCUT2D eigenvalue weighted by atomic mass is 9.95. The predicted octanol–water partition coefficient (Wildman–Crippen LogP) is 1.69. The van der Waals surface area contributed by atoms with Crippen LogP contribution in [0.4, 0.5) is 4.39 Å². The van der Waals surface area contributed by atoms with Gasteiger partial charge in [0.15, 0.2) is 0 Å². The van der Waals surface area contributed by atoms with Gasteiger partial charge in [-0.1, -0.05) is 12.1 Å². The second kappa shape index (κ2) is 2.32. The van der Waals surface area contributed by atoms with Crippen molar-refractivity contribution in [3.8, 4) is 0 Å². The Morgan fingerprint density at radius 1 is 1.31 bits per heavy atom. The maximum atomic E-state index is 12.7. The molecule has 1 nitrogen and oxygen atoms in total. The van der Waals surface area contributed by atoms with Crippen LogP contribution in [0.3, 0.4) is 0 Å². The van der Waals surface area contributed by atoms with Gasteiger partial charge in [-0.3, -0.25) is 0 Å². The highest BCUT2D eigenvalue weighted by molar-refractivity contribution is 5.36. The van der Waals surface area contributed by atoms with E-state index in [2.05, 4.69) is 5.32 Å². The van der Waals surface area contributed by atoms with Crippen LogP contribution in [0.2, 0.25) is 0 Å². The molecule has 0 spiro atoms. The van der Waals surface area contributed by atoms with E-state index >= 15 is 0 Å². The van der Waals surface area contributed by atoms with Crippen LogP contribution >= 0.6 is 0 Å². The largest absolute Gasteiger partial charge is 0.316 e. The van der Waals surface area contributed by atoms with E-state index in [0.717, 1.165) is 19.0 Å². The molecule has 3 rings (SSSR count). The molecule has 2 unspecified atom stereocenters. The van der Waals surface area contributed by atoms with Gasteiger partial charge in [0.05, 0.1) is 0 Å². The molecule has 1 aliphatic carbocycles. The van der Waals surface area contributed by atoms with Crippen LogP contribution in [-0.2, 0) is 5.41 Å². The van der Waals surface area contributed by atoms with Gasteiger partial charge in [-0.25, -0.2) is 4.39 Å². The van der Waals surface area contributed by atoms with Crippen LogP contribution in [0.1, 0.15) is 12.0 Å². The highest BCUT2D eigenvalue weighted by Crippen LogP contribution is 2.56. The summed E-state index contributed by atoms with van der Waals surface area (Å²) in [6.07, 6.45) is 1.28. The molecule has 2 aliphatic rings. The molecule has 2 atom stereocenters. The Hall–Kier alpha value is -0.890. The standard InChI is InChI=1S/C11H12FN/c12-10-3-1-8(2-4-10)11-5-9(11)6-13-7-11/h1-4,9,13H,5-7H2. The number of fused-ring (bicyclic) bond motifs is 1. The van der Waals surface area contributed by atoms with Gasteiger partial charge in [0.2, 0.25) is 0 Å². The molecule has 68 valence electrons. The third-order valence-electron chi connectivity index (χ3n) is 3.48. The maximum absolute atomic E-state index is 12.7. The summed E-state index contributed by atoms with van der Waals surface area (Å²) in [4.78, 5) is 0. The Labute approximate surface area is 77.0 Å². The van der Waals surface area contributed by atoms with E-state index in [1.165, 1.54) is 12.0 Å². The topological polar surface area (TPSA) is 12.0 Å². The van der Waals surface area contributed by atoms with Crippen LogP contribution in [-0.4, -0.2) is 13.1 Å². The molecule has 0 aromatic heterocycles. The van der Waals surface area contributed by atoms with Crippen molar-refractivity contribution in [2.24, 2.45) is 5.92 Å². The van der Waals surface area contributed by atoms with E-state index < -0.39 is 0 Å². The Morgan fingerprint density at radius 2 is 2.08 bits per heavy atom. The molecule has 1 aromatic rings. The summed E-state index contributed by atoms with van der Waals surface area (Å²) in [5, 5.41) is 3.38. The van der Waals surface area contributed by atoms with Crippen LogP contribution in [0, 0.1) is 11.7 Å². The number of nitrogens with one attached hydrogen (secondary N) is 1. The molecular formula is C11H12FN. The second-order valence-electron chi connectivity index (χ2n) is 4.19. The number of benzene rings is 1. The van der Waals surface area contributed by atoms with E-state index in [4.69, 9.17) is 0 Å². The summed E-state index contributed by atoms with van der Waals surface area (Å²) in [5.41, 5.74) is 1.68. The Kier molecular flexibility index (Phi) is 1.34. The van der Waals surface area contributed by atoms with E-state index in [-0.39, 0.29) is 5.82 Å². The molecule has 0 radical (unpaired) electrons. The highest BCUT2D eigenvalue weighted by Gasteiger charge is 2.57. The van der Waals surface area contributed by atoms with Crippen LogP contribution < -0.4 is 5.32 Å². The van der Waals surface area contributed by atoms with Crippen molar-refractivity contribution in [2.75, 3.05) is 13.1 Å². The number of rotatable bonds is 1. The van der Waals surface area contributed by atoms with Gasteiger partial charge in [-0.2, -0.15) is 0 Å². The highest BCUT2D eigenvalue weighted by atomic mass is 19.1. The zero-order valence-electron chi connectivity index (χ0n) is 7.39. The lowest BCUT2D eigenvalue weighted by Gasteiger charge is -2.11. The first-order chi connectivity index (χ1) is 6.31. The van der Waals surface area contributed by atoms with E-state index in [1.807, 2.05) is 12.1 Å². The number of halogens is 1. The minimum Gasteiger partial charge on any atom is -0.316 e. The van der Waals surface area contributed by atoms with Gasteiger partial charge >= 0.3 is 0 Å². The van der Waals surface area contributed by atoms with Gasteiger partial charge in [-0.15, -0.1) is 0 Å². The summed E-state index contributed by atoms with van der Waals surface area (Å²) in [6.45, 7) is 2.21.